The van der Waals surface area contributed by atoms with Crippen molar-refractivity contribution in [3.8, 4) is 11.5 Å². The molecule has 0 saturated heterocycles. The molecule has 1 aromatic heterocycles. The first-order chi connectivity index (χ1) is 13.9. The maximum Gasteiger partial charge on any atom is 0.303 e. The zero-order valence-corrected chi connectivity index (χ0v) is 17.3. The number of rotatable bonds is 7. The molecule has 0 bridgehead atoms. The monoisotopic (exact) mass is 395 g/mol. The number of phenolic OH excluding ortho intramolecular Hbond substituents is 1. The van der Waals surface area contributed by atoms with Crippen molar-refractivity contribution in [3.05, 3.63) is 65.4 Å². The van der Waals surface area contributed by atoms with Gasteiger partial charge >= 0.3 is 5.97 Å². The van der Waals surface area contributed by atoms with Gasteiger partial charge in [-0.15, -0.1) is 0 Å². The molecule has 0 saturated carbocycles. The number of phenols is 1. The molecule has 0 atom stereocenters. The molecule has 3 aromatic rings. The van der Waals surface area contributed by atoms with Gasteiger partial charge in [-0.05, 0) is 62.1 Å². The normalized spacial score (nSPS) is 10.3. The molecule has 2 aromatic carbocycles. The fourth-order valence-electron chi connectivity index (χ4n) is 2.84. The summed E-state index contributed by atoms with van der Waals surface area (Å²) in [5.74, 6) is 0.360. The molecule has 5 heteroatoms. The van der Waals surface area contributed by atoms with Gasteiger partial charge in [0, 0.05) is 17.5 Å². The van der Waals surface area contributed by atoms with Gasteiger partial charge < -0.3 is 14.9 Å². The van der Waals surface area contributed by atoms with E-state index in [0.29, 0.717) is 11.9 Å². The quantitative estimate of drug-likeness (QED) is 0.521. The van der Waals surface area contributed by atoms with Crippen LogP contribution in [0.4, 0.5) is 0 Å². The second-order valence-electron chi connectivity index (χ2n) is 6.99. The number of carboxylic acids is 1. The minimum absolute atomic E-state index is 0.177. The fourth-order valence-corrected chi connectivity index (χ4v) is 2.84. The van der Waals surface area contributed by atoms with E-state index in [1.165, 1.54) is 0 Å². The number of nitrogens with zero attached hydrogens (tertiary/aromatic N) is 1. The lowest BCUT2D eigenvalue weighted by atomic mass is 10.0. The van der Waals surface area contributed by atoms with Crippen molar-refractivity contribution < 1.29 is 19.7 Å². The zero-order valence-electron chi connectivity index (χ0n) is 17.3. The number of aliphatic carboxylic acids is 1. The van der Waals surface area contributed by atoms with Gasteiger partial charge in [0.2, 0.25) is 0 Å². The largest absolute Gasteiger partial charge is 0.506 e. The predicted octanol–water partition coefficient (Wildman–Crippen LogP) is 5.44. The van der Waals surface area contributed by atoms with E-state index in [-0.39, 0.29) is 12.2 Å². The number of hydrogen-bond acceptors (Lipinski definition) is 4. The van der Waals surface area contributed by atoms with Gasteiger partial charge in [-0.1, -0.05) is 37.6 Å². The predicted molar refractivity (Wildman–Crippen MR) is 116 cm³/mol. The third-order valence-electron chi connectivity index (χ3n) is 4.53. The summed E-state index contributed by atoms with van der Waals surface area (Å²) in [6, 6.07) is 15.1. The van der Waals surface area contributed by atoms with Crippen LogP contribution in [-0.2, 0) is 11.2 Å². The Morgan fingerprint density at radius 2 is 1.90 bits per heavy atom. The topological polar surface area (TPSA) is 79.7 Å². The highest BCUT2D eigenvalue weighted by Gasteiger charge is 2.04. The summed E-state index contributed by atoms with van der Waals surface area (Å²) >= 11 is 0. The van der Waals surface area contributed by atoms with Crippen LogP contribution in [0.15, 0.2) is 48.5 Å². The molecule has 3 rings (SSSR count). The van der Waals surface area contributed by atoms with Crippen LogP contribution in [-0.4, -0.2) is 27.8 Å². The number of aromatic hydroxyl groups is 1. The van der Waals surface area contributed by atoms with E-state index in [9.17, 15) is 9.90 Å². The van der Waals surface area contributed by atoms with Crippen molar-refractivity contribution in [2.45, 2.75) is 46.5 Å². The molecule has 2 N–H and O–H groups in total. The lowest BCUT2D eigenvalue weighted by molar-refractivity contribution is -0.136. The van der Waals surface area contributed by atoms with Gasteiger partial charge in [0.05, 0.1) is 6.61 Å². The summed E-state index contributed by atoms with van der Waals surface area (Å²) in [6.45, 7) is 6.77. The first-order valence-corrected chi connectivity index (χ1v) is 9.90. The van der Waals surface area contributed by atoms with Crippen LogP contribution in [0.2, 0.25) is 0 Å². The first kappa shape index (κ1) is 22.2. The average Bonchev–Trinajstić information content (AvgIpc) is 2.69. The Balaban J connectivity index is 0.000000218. The number of carboxylic acid groups (broad SMARTS) is 1. The molecule has 0 aliphatic rings. The summed E-state index contributed by atoms with van der Waals surface area (Å²) < 4.78 is 5.59. The molecule has 0 radical (unpaired) electrons. The Hall–Kier alpha value is -3.08. The summed E-state index contributed by atoms with van der Waals surface area (Å²) in [5.41, 5.74) is 3.77. The maximum absolute atomic E-state index is 10.5. The standard InChI is InChI=1S/C14H20O3.C10H9NO/c1-3-4-9-17-13-7-5-12(11(2)10-13)6-8-14(15)16;1-7-5-6-8-3-2-4-9(12)10(8)11-7/h5,7,10H,3-4,6,8-9H2,1-2H3,(H,15,16);2-6,12H,1H3. The number of hydrogen-bond donors (Lipinski definition) is 2. The van der Waals surface area contributed by atoms with Crippen molar-refractivity contribution in [1.82, 2.24) is 4.98 Å². The van der Waals surface area contributed by atoms with Crippen LogP contribution < -0.4 is 4.74 Å². The van der Waals surface area contributed by atoms with Gasteiger partial charge in [0.25, 0.3) is 0 Å². The van der Waals surface area contributed by atoms with E-state index in [1.807, 2.05) is 56.3 Å². The van der Waals surface area contributed by atoms with Crippen molar-refractivity contribution in [2.75, 3.05) is 6.61 Å². The van der Waals surface area contributed by atoms with E-state index < -0.39 is 5.97 Å². The molecule has 154 valence electrons. The highest BCUT2D eigenvalue weighted by atomic mass is 16.5. The summed E-state index contributed by atoms with van der Waals surface area (Å²) in [7, 11) is 0. The van der Waals surface area contributed by atoms with Crippen molar-refractivity contribution >= 4 is 16.9 Å². The van der Waals surface area contributed by atoms with Crippen molar-refractivity contribution in [3.63, 3.8) is 0 Å². The molecule has 29 heavy (non-hydrogen) atoms. The average molecular weight is 395 g/mol. The number of ether oxygens (including phenoxy) is 1. The summed E-state index contributed by atoms with van der Waals surface area (Å²) in [6.07, 6.45) is 2.93. The first-order valence-electron chi connectivity index (χ1n) is 9.90. The Kier molecular flexibility index (Phi) is 8.46. The highest BCUT2D eigenvalue weighted by molar-refractivity contribution is 5.84. The van der Waals surface area contributed by atoms with Crippen molar-refractivity contribution in [1.29, 1.82) is 0 Å². The number of aromatic nitrogens is 1. The highest BCUT2D eigenvalue weighted by Crippen LogP contribution is 2.22. The molecule has 0 spiro atoms. The van der Waals surface area contributed by atoms with Gasteiger partial charge in [-0.25, -0.2) is 4.98 Å². The van der Waals surface area contributed by atoms with Crippen LogP contribution >= 0.6 is 0 Å². The molecular formula is C24H29NO4. The molecule has 5 nitrogen and oxygen atoms in total. The van der Waals surface area contributed by atoms with Crippen LogP contribution in [0, 0.1) is 13.8 Å². The van der Waals surface area contributed by atoms with Gasteiger partial charge in [0.15, 0.2) is 0 Å². The lowest BCUT2D eigenvalue weighted by Gasteiger charge is -2.09. The second kappa shape index (κ2) is 11.1. The fraction of sp³-hybridized carbons (Fsp3) is 0.333. The van der Waals surface area contributed by atoms with Crippen LogP contribution in [0.1, 0.15) is 43.0 Å². The Morgan fingerprint density at radius 3 is 2.59 bits per heavy atom. The number of unbranched alkanes of at least 4 members (excludes halogenated alkanes) is 1. The number of carbonyl (C=O) groups is 1. The van der Waals surface area contributed by atoms with E-state index in [2.05, 4.69) is 11.9 Å². The van der Waals surface area contributed by atoms with E-state index in [1.54, 1.807) is 6.07 Å². The molecule has 0 aliphatic heterocycles. The number of benzene rings is 2. The molecule has 0 amide bonds. The van der Waals surface area contributed by atoms with Crippen LogP contribution in [0.5, 0.6) is 11.5 Å². The van der Waals surface area contributed by atoms with E-state index >= 15 is 0 Å². The van der Waals surface area contributed by atoms with E-state index in [0.717, 1.165) is 47.4 Å². The molecule has 1 heterocycles. The smallest absolute Gasteiger partial charge is 0.303 e. The lowest BCUT2D eigenvalue weighted by Crippen LogP contribution is -2.00. The number of aryl methyl sites for hydroxylation is 3. The van der Waals surface area contributed by atoms with Crippen LogP contribution in [0.25, 0.3) is 10.9 Å². The number of para-hydroxylation sites is 1. The Morgan fingerprint density at radius 1 is 1.10 bits per heavy atom. The molecule has 0 unspecified atom stereocenters. The minimum Gasteiger partial charge on any atom is -0.506 e. The second-order valence-corrected chi connectivity index (χ2v) is 6.99. The van der Waals surface area contributed by atoms with Gasteiger partial charge in [-0.3, -0.25) is 4.79 Å². The Bertz CT molecular complexity index is 953. The molecular weight excluding hydrogens is 366 g/mol. The maximum atomic E-state index is 10.5. The SMILES string of the molecule is CCCCOc1ccc(CCC(=O)O)c(C)c1.Cc1ccc2cccc(O)c2n1. The Labute approximate surface area is 172 Å². The van der Waals surface area contributed by atoms with E-state index in [4.69, 9.17) is 9.84 Å². The van der Waals surface area contributed by atoms with Crippen LogP contribution in [0.3, 0.4) is 0 Å². The summed E-state index contributed by atoms with van der Waals surface area (Å²) in [4.78, 5) is 14.7. The third kappa shape index (κ3) is 7.11. The minimum atomic E-state index is -0.757. The number of pyridine rings is 1. The third-order valence-corrected chi connectivity index (χ3v) is 4.53. The van der Waals surface area contributed by atoms with Crippen molar-refractivity contribution in [2.24, 2.45) is 0 Å². The molecule has 0 aliphatic carbocycles. The number of fused-ring (bicyclic) bond motifs is 1. The van der Waals surface area contributed by atoms with Gasteiger partial charge in [-0.2, -0.15) is 0 Å². The van der Waals surface area contributed by atoms with Gasteiger partial charge in [0.1, 0.15) is 17.0 Å². The molecule has 0 fully saturated rings. The zero-order chi connectivity index (χ0) is 21.2. The summed E-state index contributed by atoms with van der Waals surface area (Å²) in [5, 5.41) is 19.0.